The van der Waals surface area contributed by atoms with E-state index in [2.05, 4.69) is 5.32 Å². The molecule has 1 aromatic rings. The first-order valence-electron chi connectivity index (χ1n) is 6.05. The molecule has 1 aliphatic rings. The van der Waals surface area contributed by atoms with Crippen molar-refractivity contribution in [3.8, 4) is 5.75 Å². The summed E-state index contributed by atoms with van der Waals surface area (Å²) in [5.74, 6) is -0.261. The zero-order valence-electron chi connectivity index (χ0n) is 9.99. The van der Waals surface area contributed by atoms with Crippen LogP contribution in [0.1, 0.15) is 29.6 Å². The zero-order chi connectivity index (χ0) is 13.0. The number of hydrogen-bond donors (Lipinski definition) is 2. The molecule has 2 N–H and O–H groups in total. The van der Waals surface area contributed by atoms with E-state index in [0.717, 1.165) is 25.9 Å². The molecule has 1 saturated heterocycles. The molecule has 0 bridgehead atoms. The number of hydrogen-bond acceptors (Lipinski definition) is 3. The van der Waals surface area contributed by atoms with Crippen LogP contribution < -0.4 is 5.32 Å². The highest BCUT2D eigenvalue weighted by atomic mass is 35.5. The van der Waals surface area contributed by atoms with Gasteiger partial charge in [-0.1, -0.05) is 11.6 Å². The number of carbonyl (C=O) groups is 1. The highest BCUT2D eigenvalue weighted by Gasteiger charge is 2.16. The van der Waals surface area contributed by atoms with E-state index < -0.39 is 0 Å². The SMILES string of the molecule is O=C(NCC1CCCCO1)c1cc(O)ccc1Cl. The molecule has 2 rings (SSSR count). The maximum absolute atomic E-state index is 11.9. The summed E-state index contributed by atoms with van der Waals surface area (Å²) in [7, 11) is 0. The van der Waals surface area contributed by atoms with E-state index in [9.17, 15) is 9.90 Å². The molecule has 1 heterocycles. The van der Waals surface area contributed by atoms with Gasteiger partial charge in [0, 0.05) is 13.2 Å². The van der Waals surface area contributed by atoms with Crippen LogP contribution in [0.5, 0.6) is 5.75 Å². The summed E-state index contributed by atoms with van der Waals surface area (Å²) in [6.45, 7) is 1.23. The quantitative estimate of drug-likeness (QED) is 0.886. The molecular weight excluding hydrogens is 254 g/mol. The second-order valence-corrected chi connectivity index (χ2v) is 4.77. The first kappa shape index (κ1) is 13.2. The van der Waals surface area contributed by atoms with Crippen molar-refractivity contribution in [2.45, 2.75) is 25.4 Å². The number of rotatable bonds is 3. The van der Waals surface area contributed by atoms with Crippen LogP contribution in [0.3, 0.4) is 0 Å². The van der Waals surface area contributed by atoms with Gasteiger partial charge in [-0.15, -0.1) is 0 Å². The standard InChI is InChI=1S/C13H16ClNO3/c14-12-5-4-9(16)7-11(12)13(17)15-8-10-3-1-2-6-18-10/h4-5,7,10,16H,1-3,6,8H2,(H,15,17). The number of ether oxygens (including phenoxy) is 1. The molecule has 0 aliphatic carbocycles. The van der Waals surface area contributed by atoms with E-state index in [0.29, 0.717) is 11.6 Å². The first-order valence-corrected chi connectivity index (χ1v) is 6.43. The predicted octanol–water partition coefficient (Wildman–Crippen LogP) is 2.34. The van der Waals surface area contributed by atoms with Gasteiger partial charge in [-0.25, -0.2) is 0 Å². The van der Waals surface area contributed by atoms with Crippen LogP contribution >= 0.6 is 11.6 Å². The summed E-state index contributed by atoms with van der Waals surface area (Å²) in [6, 6.07) is 4.31. The summed E-state index contributed by atoms with van der Waals surface area (Å²) in [4.78, 5) is 11.9. The molecule has 1 unspecified atom stereocenters. The lowest BCUT2D eigenvalue weighted by molar-refractivity contribution is 0.0169. The van der Waals surface area contributed by atoms with Gasteiger partial charge in [0.1, 0.15) is 5.75 Å². The van der Waals surface area contributed by atoms with Gasteiger partial charge in [-0.2, -0.15) is 0 Å². The fraction of sp³-hybridized carbons (Fsp3) is 0.462. The maximum atomic E-state index is 11.9. The van der Waals surface area contributed by atoms with Crippen LogP contribution in [0.25, 0.3) is 0 Å². The van der Waals surface area contributed by atoms with E-state index in [-0.39, 0.29) is 23.3 Å². The topological polar surface area (TPSA) is 58.6 Å². The van der Waals surface area contributed by atoms with Gasteiger partial charge < -0.3 is 15.2 Å². The fourth-order valence-electron chi connectivity index (χ4n) is 1.96. The van der Waals surface area contributed by atoms with Crippen LogP contribution in [0, 0.1) is 0 Å². The van der Waals surface area contributed by atoms with E-state index in [1.54, 1.807) is 0 Å². The molecule has 0 radical (unpaired) electrons. The number of amides is 1. The molecule has 18 heavy (non-hydrogen) atoms. The Morgan fingerprint density at radius 2 is 2.33 bits per heavy atom. The van der Waals surface area contributed by atoms with Crippen molar-refractivity contribution in [3.63, 3.8) is 0 Å². The second kappa shape index (κ2) is 6.07. The van der Waals surface area contributed by atoms with Crippen LogP contribution in [-0.4, -0.2) is 30.3 Å². The minimum Gasteiger partial charge on any atom is -0.508 e. The molecule has 1 aromatic carbocycles. The number of phenols is 1. The average Bonchev–Trinajstić information content (AvgIpc) is 2.40. The Labute approximate surface area is 111 Å². The number of carbonyl (C=O) groups excluding carboxylic acids is 1. The van der Waals surface area contributed by atoms with Gasteiger partial charge >= 0.3 is 0 Å². The van der Waals surface area contributed by atoms with Crippen molar-refractivity contribution in [2.24, 2.45) is 0 Å². The molecule has 0 spiro atoms. The highest BCUT2D eigenvalue weighted by molar-refractivity contribution is 6.33. The normalized spacial score (nSPS) is 19.5. The van der Waals surface area contributed by atoms with Crippen LogP contribution in [0.15, 0.2) is 18.2 Å². The van der Waals surface area contributed by atoms with Crippen molar-refractivity contribution in [2.75, 3.05) is 13.2 Å². The maximum Gasteiger partial charge on any atom is 0.253 e. The molecule has 5 heteroatoms. The van der Waals surface area contributed by atoms with E-state index in [1.807, 2.05) is 0 Å². The molecule has 0 saturated carbocycles. The van der Waals surface area contributed by atoms with Crippen molar-refractivity contribution >= 4 is 17.5 Å². The molecule has 1 fully saturated rings. The van der Waals surface area contributed by atoms with Crippen molar-refractivity contribution in [1.29, 1.82) is 0 Å². The van der Waals surface area contributed by atoms with E-state index in [4.69, 9.17) is 16.3 Å². The third-order valence-corrected chi connectivity index (χ3v) is 3.29. The number of benzene rings is 1. The average molecular weight is 270 g/mol. The summed E-state index contributed by atoms with van der Waals surface area (Å²) >= 11 is 5.91. The number of phenolic OH excluding ortho intramolecular Hbond substituents is 1. The minimum atomic E-state index is -0.287. The van der Waals surface area contributed by atoms with Gasteiger partial charge in [-0.05, 0) is 37.5 Å². The lowest BCUT2D eigenvalue weighted by Crippen LogP contribution is -2.35. The Balaban J connectivity index is 1.92. The third kappa shape index (κ3) is 3.37. The Bertz CT molecular complexity index is 430. The number of nitrogens with one attached hydrogen (secondary N) is 1. The first-order chi connectivity index (χ1) is 8.66. The number of halogens is 1. The summed E-state index contributed by atoms with van der Waals surface area (Å²) in [5, 5.41) is 12.4. The lowest BCUT2D eigenvalue weighted by atomic mass is 10.1. The van der Waals surface area contributed by atoms with Crippen LogP contribution in [-0.2, 0) is 4.74 Å². The highest BCUT2D eigenvalue weighted by Crippen LogP contribution is 2.21. The molecule has 1 atom stereocenters. The van der Waals surface area contributed by atoms with Gasteiger partial charge in [0.15, 0.2) is 0 Å². The molecule has 1 amide bonds. The predicted molar refractivity (Wildman–Crippen MR) is 69.0 cm³/mol. The van der Waals surface area contributed by atoms with E-state index >= 15 is 0 Å². The van der Waals surface area contributed by atoms with Gasteiger partial charge in [0.05, 0.1) is 16.7 Å². The molecule has 0 aromatic heterocycles. The summed E-state index contributed by atoms with van der Waals surface area (Å²) < 4.78 is 5.52. The molecule has 98 valence electrons. The van der Waals surface area contributed by atoms with Crippen molar-refractivity contribution in [3.05, 3.63) is 28.8 Å². The Hall–Kier alpha value is -1.26. The molecular formula is C13H16ClNO3. The molecule has 4 nitrogen and oxygen atoms in total. The third-order valence-electron chi connectivity index (χ3n) is 2.96. The largest absolute Gasteiger partial charge is 0.508 e. The van der Waals surface area contributed by atoms with E-state index in [1.165, 1.54) is 18.2 Å². The summed E-state index contributed by atoms with van der Waals surface area (Å²) in [6.07, 6.45) is 3.27. The smallest absolute Gasteiger partial charge is 0.253 e. The Morgan fingerprint density at radius 3 is 3.06 bits per heavy atom. The van der Waals surface area contributed by atoms with Gasteiger partial charge in [0.2, 0.25) is 0 Å². The molecule has 1 aliphatic heterocycles. The summed E-state index contributed by atoms with van der Waals surface area (Å²) in [5.41, 5.74) is 0.285. The minimum absolute atomic E-state index is 0.0264. The second-order valence-electron chi connectivity index (χ2n) is 4.36. The van der Waals surface area contributed by atoms with Crippen LogP contribution in [0.2, 0.25) is 5.02 Å². The van der Waals surface area contributed by atoms with Gasteiger partial charge in [0.25, 0.3) is 5.91 Å². The zero-order valence-corrected chi connectivity index (χ0v) is 10.7. The fourth-order valence-corrected chi connectivity index (χ4v) is 2.16. The van der Waals surface area contributed by atoms with Crippen molar-refractivity contribution < 1.29 is 14.6 Å². The van der Waals surface area contributed by atoms with Crippen molar-refractivity contribution in [1.82, 2.24) is 5.32 Å². The Morgan fingerprint density at radius 1 is 1.50 bits per heavy atom. The number of aromatic hydroxyl groups is 1. The van der Waals surface area contributed by atoms with Gasteiger partial charge in [-0.3, -0.25) is 4.79 Å². The van der Waals surface area contributed by atoms with Crippen LogP contribution in [0.4, 0.5) is 0 Å². The Kier molecular flexibility index (Phi) is 4.44. The lowest BCUT2D eigenvalue weighted by Gasteiger charge is -2.22. The monoisotopic (exact) mass is 269 g/mol.